The van der Waals surface area contributed by atoms with E-state index in [4.69, 9.17) is 5.11 Å². The van der Waals surface area contributed by atoms with E-state index >= 15 is 0 Å². The summed E-state index contributed by atoms with van der Waals surface area (Å²) in [6, 6.07) is 7.12. The smallest absolute Gasteiger partial charge is 0.216 e. The Morgan fingerprint density at radius 2 is 2.10 bits per heavy atom. The van der Waals surface area contributed by atoms with Gasteiger partial charge in [-0.2, -0.15) is 11.8 Å². The summed E-state index contributed by atoms with van der Waals surface area (Å²) in [4.78, 5) is 0. The summed E-state index contributed by atoms with van der Waals surface area (Å²) < 4.78 is 27.3. The average Bonchev–Trinajstić information content (AvgIpc) is 2.84. The molecule has 0 amide bonds. The lowest BCUT2D eigenvalue weighted by atomic mass is 10.1. The van der Waals surface area contributed by atoms with Crippen molar-refractivity contribution in [1.29, 1.82) is 0 Å². The van der Waals surface area contributed by atoms with Gasteiger partial charge in [-0.1, -0.05) is 30.7 Å². The molecule has 1 aliphatic rings. The van der Waals surface area contributed by atoms with Gasteiger partial charge in [0.15, 0.2) is 0 Å². The first-order chi connectivity index (χ1) is 9.54. The highest BCUT2D eigenvalue weighted by molar-refractivity contribution is 7.99. The number of aliphatic hydroxyl groups excluding tert-OH is 1. The van der Waals surface area contributed by atoms with Crippen molar-refractivity contribution in [3.63, 3.8) is 0 Å². The van der Waals surface area contributed by atoms with Gasteiger partial charge in [0.25, 0.3) is 0 Å². The number of hydrogen-bond acceptors (Lipinski definition) is 4. The maximum atomic E-state index is 12.2. The lowest BCUT2D eigenvalue weighted by Crippen LogP contribution is -2.39. The number of aliphatic hydroxyl groups is 1. The molecule has 4 nitrogen and oxygen atoms in total. The summed E-state index contributed by atoms with van der Waals surface area (Å²) in [5.41, 5.74) is 1.45. The Morgan fingerprint density at radius 3 is 2.80 bits per heavy atom. The summed E-state index contributed by atoms with van der Waals surface area (Å²) >= 11 is 1.73. The molecule has 1 aliphatic carbocycles. The quantitative estimate of drug-likeness (QED) is 0.841. The SMILES string of the molecule is CSC1CCCC1NS(=O)(=O)Cc1cccc(CO)c1. The Morgan fingerprint density at radius 1 is 1.35 bits per heavy atom. The minimum absolute atomic E-state index is 0.0293. The zero-order valence-corrected chi connectivity index (χ0v) is 13.2. The van der Waals surface area contributed by atoms with E-state index in [2.05, 4.69) is 4.72 Å². The van der Waals surface area contributed by atoms with Crippen molar-refractivity contribution in [3.8, 4) is 0 Å². The second-order valence-corrected chi connectivity index (χ2v) is 8.00. The Bertz CT molecular complexity index is 545. The largest absolute Gasteiger partial charge is 0.392 e. The van der Waals surface area contributed by atoms with E-state index in [1.807, 2.05) is 6.26 Å². The fourth-order valence-electron chi connectivity index (χ4n) is 2.65. The molecule has 0 radical (unpaired) electrons. The molecule has 0 heterocycles. The second-order valence-electron chi connectivity index (χ2n) is 5.17. The van der Waals surface area contributed by atoms with E-state index < -0.39 is 10.0 Å². The van der Waals surface area contributed by atoms with E-state index in [0.717, 1.165) is 24.8 Å². The van der Waals surface area contributed by atoms with Crippen LogP contribution in [0.4, 0.5) is 0 Å². The van der Waals surface area contributed by atoms with Crippen LogP contribution in [0.15, 0.2) is 24.3 Å². The maximum Gasteiger partial charge on any atom is 0.216 e. The van der Waals surface area contributed by atoms with Gasteiger partial charge >= 0.3 is 0 Å². The van der Waals surface area contributed by atoms with Gasteiger partial charge in [0.2, 0.25) is 10.0 Å². The molecule has 0 aromatic heterocycles. The molecular weight excluding hydrogens is 294 g/mol. The number of nitrogens with one attached hydrogen (secondary N) is 1. The normalized spacial score (nSPS) is 23.1. The van der Waals surface area contributed by atoms with Crippen LogP contribution < -0.4 is 4.72 Å². The zero-order valence-electron chi connectivity index (χ0n) is 11.6. The highest BCUT2D eigenvalue weighted by Crippen LogP contribution is 2.29. The molecule has 1 fully saturated rings. The van der Waals surface area contributed by atoms with Crippen LogP contribution in [0.25, 0.3) is 0 Å². The van der Waals surface area contributed by atoms with E-state index in [0.29, 0.717) is 10.8 Å². The number of thioether (sulfide) groups is 1. The molecule has 1 aromatic carbocycles. The predicted molar refractivity (Wildman–Crippen MR) is 83.1 cm³/mol. The first-order valence-corrected chi connectivity index (χ1v) is 9.69. The number of sulfonamides is 1. The Balaban J connectivity index is 2.03. The molecule has 0 aliphatic heterocycles. The molecule has 112 valence electrons. The van der Waals surface area contributed by atoms with Gasteiger partial charge in [-0.15, -0.1) is 0 Å². The highest BCUT2D eigenvalue weighted by Gasteiger charge is 2.29. The fraction of sp³-hybridized carbons (Fsp3) is 0.571. The van der Waals surface area contributed by atoms with Crippen LogP contribution in [-0.2, 0) is 22.4 Å². The van der Waals surface area contributed by atoms with Gasteiger partial charge in [0.1, 0.15) is 0 Å². The Kier molecular flexibility index (Phi) is 5.49. The van der Waals surface area contributed by atoms with Gasteiger partial charge in [-0.3, -0.25) is 0 Å². The van der Waals surface area contributed by atoms with Crippen LogP contribution in [-0.4, -0.2) is 31.1 Å². The third kappa shape index (κ3) is 4.22. The molecular formula is C14H21NO3S2. The lowest BCUT2D eigenvalue weighted by Gasteiger charge is -2.19. The van der Waals surface area contributed by atoms with Crippen molar-refractivity contribution in [2.75, 3.05) is 6.26 Å². The predicted octanol–water partition coefficient (Wildman–Crippen LogP) is 1.88. The van der Waals surface area contributed by atoms with Crippen molar-refractivity contribution in [2.24, 2.45) is 0 Å². The molecule has 2 unspecified atom stereocenters. The van der Waals surface area contributed by atoms with Crippen molar-refractivity contribution in [1.82, 2.24) is 4.72 Å². The van der Waals surface area contributed by atoms with Gasteiger partial charge in [-0.25, -0.2) is 13.1 Å². The van der Waals surface area contributed by atoms with Gasteiger partial charge in [0.05, 0.1) is 12.4 Å². The van der Waals surface area contributed by atoms with Crippen LogP contribution in [0.1, 0.15) is 30.4 Å². The zero-order chi connectivity index (χ0) is 14.6. The monoisotopic (exact) mass is 315 g/mol. The first kappa shape index (κ1) is 15.8. The van der Waals surface area contributed by atoms with Crippen LogP contribution in [0.3, 0.4) is 0 Å². The molecule has 0 spiro atoms. The fourth-order valence-corrected chi connectivity index (χ4v) is 5.12. The van der Waals surface area contributed by atoms with E-state index in [-0.39, 0.29) is 18.4 Å². The molecule has 20 heavy (non-hydrogen) atoms. The van der Waals surface area contributed by atoms with Gasteiger partial charge in [0, 0.05) is 11.3 Å². The molecule has 2 rings (SSSR count). The minimum atomic E-state index is -3.33. The number of benzene rings is 1. The average molecular weight is 315 g/mol. The summed E-state index contributed by atoms with van der Waals surface area (Å²) in [6.45, 7) is -0.0709. The van der Waals surface area contributed by atoms with Crippen LogP contribution in [0.2, 0.25) is 0 Å². The molecule has 1 saturated carbocycles. The van der Waals surface area contributed by atoms with Crippen molar-refractivity contribution in [2.45, 2.75) is 42.9 Å². The summed E-state index contributed by atoms with van der Waals surface area (Å²) in [5, 5.41) is 9.47. The maximum absolute atomic E-state index is 12.2. The highest BCUT2D eigenvalue weighted by atomic mass is 32.2. The Labute approximate surface area is 125 Å². The summed E-state index contributed by atoms with van der Waals surface area (Å²) in [5.74, 6) is -0.0293. The van der Waals surface area contributed by atoms with Gasteiger partial charge in [-0.05, 0) is 30.2 Å². The number of hydrogen-bond donors (Lipinski definition) is 2. The first-order valence-electron chi connectivity index (χ1n) is 6.75. The standard InChI is InChI=1S/C14H21NO3S2/c1-19-14-7-3-6-13(14)15-20(17,18)10-12-5-2-4-11(8-12)9-16/h2,4-5,8,13-16H,3,6-7,9-10H2,1H3. The molecule has 6 heteroatoms. The van der Waals surface area contributed by atoms with Crippen molar-refractivity contribution < 1.29 is 13.5 Å². The van der Waals surface area contributed by atoms with Crippen LogP contribution in [0.5, 0.6) is 0 Å². The minimum Gasteiger partial charge on any atom is -0.392 e. The summed E-state index contributed by atoms with van der Waals surface area (Å²) in [7, 11) is -3.33. The Hall–Kier alpha value is -0.560. The van der Waals surface area contributed by atoms with E-state index in [9.17, 15) is 8.42 Å². The van der Waals surface area contributed by atoms with Crippen molar-refractivity contribution >= 4 is 21.8 Å². The lowest BCUT2D eigenvalue weighted by molar-refractivity contribution is 0.282. The summed E-state index contributed by atoms with van der Waals surface area (Å²) in [6.07, 6.45) is 5.11. The molecule has 0 saturated heterocycles. The molecule has 1 aromatic rings. The van der Waals surface area contributed by atoms with E-state index in [1.54, 1.807) is 36.0 Å². The number of rotatable bonds is 6. The topological polar surface area (TPSA) is 66.4 Å². The molecule has 0 bridgehead atoms. The third-order valence-corrected chi connectivity index (χ3v) is 6.16. The van der Waals surface area contributed by atoms with Gasteiger partial charge < -0.3 is 5.11 Å². The molecule has 2 atom stereocenters. The van der Waals surface area contributed by atoms with Crippen LogP contribution in [0, 0.1) is 0 Å². The molecule has 2 N–H and O–H groups in total. The van der Waals surface area contributed by atoms with E-state index in [1.165, 1.54) is 0 Å². The van der Waals surface area contributed by atoms with Crippen LogP contribution >= 0.6 is 11.8 Å². The third-order valence-electron chi connectivity index (χ3n) is 3.62. The second kappa shape index (κ2) is 6.93. The van der Waals surface area contributed by atoms with Crippen molar-refractivity contribution in [3.05, 3.63) is 35.4 Å².